The van der Waals surface area contributed by atoms with E-state index >= 15 is 0 Å². The summed E-state index contributed by atoms with van der Waals surface area (Å²) in [5.41, 5.74) is -0.0372. The molecule has 1 aromatic carbocycles. The van der Waals surface area contributed by atoms with Gasteiger partial charge in [0.05, 0.1) is 17.0 Å². The fourth-order valence-electron chi connectivity index (χ4n) is 3.69. The largest absolute Gasteiger partial charge is 0.481 e. The molecule has 6 nitrogen and oxygen atoms in total. The molecule has 2 amide bonds. The number of aliphatic carboxylic acids is 1. The molecule has 2 heterocycles. The molecule has 2 saturated heterocycles. The van der Waals surface area contributed by atoms with Crippen molar-refractivity contribution in [2.24, 2.45) is 5.92 Å². The lowest BCUT2D eigenvalue weighted by atomic mass is 9.77. The monoisotopic (exact) mass is 348 g/mol. The molecule has 0 saturated carbocycles. The Bertz CT molecular complexity index is 683. The smallest absolute Gasteiger partial charge is 0.309 e. The number of carbonyl (C=O) groups excluding carboxylic acids is 2. The summed E-state index contributed by atoms with van der Waals surface area (Å²) in [6, 6.07) is 7.48. The maximum Gasteiger partial charge on any atom is 0.309 e. The summed E-state index contributed by atoms with van der Waals surface area (Å²) < 4.78 is 0. The SMILES string of the molecule is CSc1ccccc1C(=O)N1CCC2(CC1)NC(=O)C[C@H]2C(=O)O. The van der Waals surface area contributed by atoms with Gasteiger partial charge in [0.25, 0.3) is 5.91 Å². The summed E-state index contributed by atoms with van der Waals surface area (Å²) in [4.78, 5) is 38.6. The first-order valence-corrected chi connectivity index (χ1v) is 9.15. The van der Waals surface area contributed by atoms with Crippen LogP contribution in [0.4, 0.5) is 0 Å². The second-order valence-electron chi connectivity index (χ2n) is 6.29. The number of nitrogens with zero attached hydrogens (tertiary/aromatic N) is 1. The molecule has 2 aliphatic heterocycles. The highest BCUT2D eigenvalue weighted by Crippen LogP contribution is 2.37. The average molecular weight is 348 g/mol. The first kappa shape index (κ1) is 16.8. The van der Waals surface area contributed by atoms with Crippen LogP contribution in [0.3, 0.4) is 0 Å². The van der Waals surface area contributed by atoms with Crippen molar-refractivity contribution >= 4 is 29.5 Å². The van der Waals surface area contributed by atoms with Gasteiger partial charge in [0.2, 0.25) is 5.91 Å². The normalized spacial score (nSPS) is 22.5. The molecule has 1 spiro atoms. The second kappa shape index (κ2) is 6.47. The van der Waals surface area contributed by atoms with Crippen LogP contribution in [0.2, 0.25) is 0 Å². The standard InChI is InChI=1S/C17H20N2O4S/c1-24-13-5-3-2-4-11(13)15(21)19-8-6-17(7-9-19)12(16(22)23)10-14(20)18-17/h2-5,12H,6-10H2,1H3,(H,18,20)(H,22,23)/t12-/m0/s1. The van der Waals surface area contributed by atoms with Crippen molar-refractivity contribution in [1.29, 1.82) is 0 Å². The van der Waals surface area contributed by atoms with Crippen LogP contribution in [0.15, 0.2) is 29.2 Å². The Morgan fingerprint density at radius 1 is 1.29 bits per heavy atom. The van der Waals surface area contributed by atoms with Gasteiger partial charge in [-0.25, -0.2) is 0 Å². The van der Waals surface area contributed by atoms with E-state index in [0.717, 1.165) is 4.90 Å². The van der Waals surface area contributed by atoms with Crippen molar-refractivity contribution in [3.8, 4) is 0 Å². The molecule has 1 atom stereocenters. The molecular formula is C17H20N2O4S. The van der Waals surface area contributed by atoms with Crippen LogP contribution in [0.1, 0.15) is 29.6 Å². The Hall–Kier alpha value is -2.02. The van der Waals surface area contributed by atoms with Crippen LogP contribution in [-0.2, 0) is 9.59 Å². The highest BCUT2D eigenvalue weighted by Gasteiger charge is 2.52. The molecule has 7 heteroatoms. The molecule has 0 aliphatic carbocycles. The fourth-order valence-corrected chi connectivity index (χ4v) is 4.28. The quantitative estimate of drug-likeness (QED) is 0.811. The Morgan fingerprint density at radius 2 is 1.96 bits per heavy atom. The van der Waals surface area contributed by atoms with E-state index in [1.807, 2.05) is 30.5 Å². The number of hydrogen-bond donors (Lipinski definition) is 2. The topological polar surface area (TPSA) is 86.7 Å². The number of rotatable bonds is 3. The predicted octanol–water partition coefficient (Wildman–Crippen LogP) is 1.60. The zero-order chi connectivity index (χ0) is 17.3. The molecule has 0 bridgehead atoms. The molecule has 1 aromatic rings. The zero-order valence-electron chi connectivity index (χ0n) is 13.4. The second-order valence-corrected chi connectivity index (χ2v) is 7.14. The van der Waals surface area contributed by atoms with Crippen molar-refractivity contribution in [3.63, 3.8) is 0 Å². The molecule has 24 heavy (non-hydrogen) atoms. The minimum absolute atomic E-state index is 0.0264. The Kier molecular flexibility index (Phi) is 4.54. The Labute approximate surface area is 144 Å². The third-order valence-corrected chi connectivity index (χ3v) is 5.82. The van der Waals surface area contributed by atoms with E-state index in [-0.39, 0.29) is 18.2 Å². The summed E-state index contributed by atoms with van der Waals surface area (Å²) in [5.74, 6) is -1.90. The predicted molar refractivity (Wildman–Crippen MR) is 90.0 cm³/mol. The van der Waals surface area contributed by atoms with Crippen LogP contribution in [0.25, 0.3) is 0 Å². The van der Waals surface area contributed by atoms with E-state index in [1.54, 1.807) is 4.90 Å². The average Bonchev–Trinajstić information content (AvgIpc) is 2.91. The van der Waals surface area contributed by atoms with E-state index in [1.165, 1.54) is 11.8 Å². The lowest BCUT2D eigenvalue weighted by Crippen LogP contribution is -2.56. The van der Waals surface area contributed by atoms with E-state index < -0.39 is 17.4 Å². The van der Waals surface area contributed by atoms with Crippen LogP contribution in [0.5, 0.6) is 0 Å². The van der Waals surface area contributed by atoms with Crippen LogP contribution >= 0.6 is 11.8 Å². The molecule has 0 radical (unpaired) electrons. The van der Waals surface area contributed by atoms with Crippen LogP contribution < -0.4 is 5.32 Å². The number of hydrogen-bond acceptors (Lipinski definition) is 4. The van der Waals surface area contributed by atoms with Gasteiger partial charge in [-0.05, 0) is 31.2 Å². The van der Waals surface area contributed by atoms with Crippen LogP contribution in [0, 0.1) is 5.92 Å². The lowest BCUT2D eigenvalue weighted by molar-refractivity contribution is -0.144. The summed E-state index contributed by atoms with van der Waals surface area (Å²) >= 11 is 1.53. The molecule has 2 N–H and O–H groups in total. The summed E-state index contributed by atoms with van der Waals surface area (Å²) in [6.45, 7) is 0.900. The van der Waals surface area contributed by atoms with Gasteiger partial charge in [-0.15, -0.1) is 11.8 Å². The van der Waals surface area contributed by atoms with Gasteiger partial charge < -0.3 is 15.3 Å². The number of likely N-dealkylation sites (tertiary alicyclic amines) is 1. The molecule has 2 aliphatic rings. The number of carbonyl (C=O) groups is 3. The molecule has 0 aromatic heterocycles. The van der Waals surface area contributed by atoms with Crippen molar-refractivity contribution < 1.29 is 19.5 Å². The molecule has 0 unspecified atom stereocenters. The van der Waals surface area contributed by atoms with Crippen molar-refractivity contribution in [2.75, 3.05) is 19.3 Å². The van der Waals surface area contributed by atoms with Gasteiger partial charge >= 0.3 is 5.97 Å². The third-order valence-electron chi connectivity index (χ3n) is 5.02. The number of amides is 2. The van der Waals surface area contributed by atoms with E-state index in [2.05, 4.69) is 5.32 Å². The highest BCUT2D eigenvalue weighted by molar-refractivity contribution is 7.98. The minimum Gasteiger partial charge on any atom is -0.481 e. The van der Waals surface area contributed by atoms with Gasteiger partial charge in [-0.2, -0.15) is 0 Å². The van der Waals surface area contributed by atoms with Gasteiger partial charge in [0.1, 0.15) is 0 Å². The summed E-state index contributed by atoms with van der Waals surface area (Å²) in [5, 5.41) is 12.3. The summed E-state index contributed by atoms with van der Waals surface area (Å²) in [7, 11) is 0. The number of thioether (sulfide) groups is 1. The lowest BCUT2D eigenvalue weighted by Gasteiger charge is -2.41. The van der Waals surface area contributed by atoms with Gasteiger partial charge in [-0.1, -0.05) is 12.1 Å². The Balaban J connectivity index is 1.74. The molecule has 128 valence electrons. The number of benzene rings is 1. The van der Waals surface area contributed by atoms with Gasteiger partial charge in [0, 0.05) is 24.4 Å². The molecule has 3 rings (SSSR count). The Morgan fingerprint density at radius 3 is 2.58 bits per heavy atom. The molecule has 2 fully saturated rings. The summed E-state index contributed by atoms with van der Waals surface area (Å²) in [6.07, 6.45) is 2.91. The minimum atomic E-state index is -0.944. The van der Waals surface area contributed by atoms with Crippen molar-refractivity contribution in [2.45, 2.75) is 29.7 Å². The zero-order valence-corrected chi connectivity index (χ0v) is 14.3. The van der Waals surface area contributed by atoms with E-state index in [0.29, 0.717) is 31.5 Å². The fraction of sp³-hybridized carbons (Fsp3) is 0.471. The number of carboxylic acids is 1. The number of nitrogens with one attached hydrogen (secondary N) is 1. The highest BCUT2D eigenvalue weighted by atomic mass is 32.2. The van der Waals surface area contributed by atoms with Gasteiger partial charge in [0.15, 0.2) is 0 Å². The van der Waals surface area contributed by atoms with E-state index in [9.17, 15) is 19.5 Å². The first-order chi connectivity index (χ1) is 11.5. The van der Waals surface area contributed by atoms with Crippen LogP contribution in [-0.4, -0.2) is 52.7 Å². The number of piperidine rings is 1. The maximum atomic E-state index is 12.8. The third kappa shape index (κ3) is 2.88. The van der Waals surface area contributed by atoms with Crippen molar-refractivity contribution in [1.82, 2.24) is 10.2 Å². The molecular weight excluding hydrogens is 328 g/mol. The van der Waals surface area contributed by atoms with E-state index in [4.69, 9.17) is 0 Å². The van der Waals surface area contributed by atoms with Gasteiger partial charge in [-0.3, -0.25) is 14.4 Å². The first-order valence-electron chi connectivity index (χ1n) is 7.93. The van der Waals surface area contributed by atoms with Crippen molar-refractivity contribution in [3.05, 3.63) is 29.8 Å². The maximum absolute atomic E-state index is 12.8. The number of carboxylic acid groups (broad SMARTS) is 1.